The van der Waals surface area contributed by atoms with Gasteiger partial charge in [-0.05, 0) is 32.6 Å². The largest absolute Gasteiger partial charge is 0.389 e. The highest BCUT2D eigenvalue weighted by atomic mass is 16.5. The maximum atomic E-state index is 10.0. The Kier molecular flexibility index (Phi) is 4.56. The lowest BCUT2D eigenvalue weighted by Gasteiger charge is -2.38. The number of aliphatic hydroxyl groups is 1. The van der Waals surface area contributed by atoms with Crippen LogP contribution in [0.1, 0.15) is 40.5 Å². The van der Waals surface area contributed by atoms with Crippen LogP contribution in [0.4, 0.5) is 0 Å². The molecular formula is C12H25NO2. The molecule has 0 aromatic carbocycles. The van der Waals surface area contributed by atoms with Gasteiger partial charge >= 0.3 is 0 Å². The Morgan fingerprint density at radius 2 is 2.07 bits per heavy atom. The number of nitrogens with one attached hydrogen (secondary N) is 1. The third-order valence-corrected chi connectivity index (χ3v) is 3.49. The molecule has 1 saturated carbocycles. The van der Waals surface area contributed by atoms with E-state index in [0.717, 1.165) is 19.4 Å². The fraction of sp³-hybridized carbons (Fsp3) is 1.00. The van der Waals surface area contributed by atoms with Crippen molar-refractivity contribution in [2.75, 3.05) is 13.2 Å². The first-order valence-corrected chi connectivity index (χ1v) is 6.03. The molecule has 1 aliphatic carbocycles. The van der Waals surface area contributed by atoms with Gasteiger partial charge in [0, 0.05) is 19.2 Å². The Labute approximate surface area is 93.2 Å². The summed E-state index contributed by atoms with van der Waals surface area (Å²) < 4.78 is 5.48. The van der Waals surface area contributed by atoms with Crippen LogP contribution < -0.4 is 5.32 Å². The summed E-state index contributed by atoms with van der Waals surface area (Å²) in [6.07, 6.45) is 2.61. The van der Waals surface area contributed by atoms with Crippen LogP contribution >= 0.6 is 0 Å². The first-order chi connectivity index (χ1) is 6.95. The molecule has 1 unspecified atom stereocenters. The lowest BCUT2D eigenvalue weighted by atomic mass is 9.87. The summed E-state index contributed by atoms with van der Waals surface area (Å²) in [6, 6.07) is 0.534. The van der Waals surface area contributed by atoms with Crippen molar-refractivity contribution in [2.24, 2.45) is 5.92 Å². The number of rotatable bonds is 6. The van der Waals surface area contributed by atoms with Gasteiger partial charge < -0.3 is 15.2 Å². The second-order valence-corrected chi connectivity index (χ2v) is 5.14. The highest BCUT2D eigenvalue weighted by molar-refractivity contribution is 4.89. The molecular weight excluding hydrogens is 190 g/mol. The average Bonchev–Trinajstić information content (AvgIpc) is 2.08. The van der Waals surface area contributed by atoms with Crippen molar-refractivity contribution in [3.05, 3.63) is 0 Å². The maximum absolute atomic E-state index is 10.0. The standard InChI is InChI=1S/C12H25NO2/c1-5-15-11-6-10(7-11)13-8-12(4,14)9(2)3/h9-11,13-14H,5-8H2,1-4H3. The molecule has 1 rings (SSSR count). The summed E-state index contributed by atoms with van der Waals surface area (Å²) in [4.78, 5) is 0. The Morgan fingerprint density at radius 1 is 1.47 bits per heavy atom. The second kappa shape index (κ2) is 5.28. The lowest BCUT2D eigenvalue weighted by molar-refractivity contribution is -0.0266. The Bertz CT molecular complexity index is 186. The molecule has 2 N–H and O–H groups in total. The summed E-state index contributed by atoms with van der Waals surface area (Å²) in [5, 5.41) is 13.4. The minimum absolute atomic E-state index is 0.285. The first kappa shape index (κ1) is 12.9. The average molecular weight is 215 g/mol. The van der Waals surface area contributed by atoms with Crippen LogP contribution in [-0.4, -0.2) is 36.0 Å². The Hall–Kier alpha value is -0.120. The van der Waals surface area contributed by atoms with E-state index in [1.807, 2.05) is 27.7 Å². The monoisotopic (exact) mass is 215 g/mol. The van der Waals surface area contributed by atoms with E-state index < -0.39 is 5.60 Å². The molecule has 0 saturated heterocycles. The van der Waals surface area contributed by atoms with E-state index in [1.54, 1.807) is 0 Å². The van der Waals surface area contributed by atoms with E-state index in [-0.39, 0.29) is 5.92 Å². The van der Waals surface area contributed by atoms with Gasteiger partial charge in [0.25, 0.3) is 0 Å². The summed E-state index contributed by atoms with van der Waals surface area (Å²) >= 11 is 0. The van der Waals surface area contributed by atoms with Gasteiger partial charge in [0.2, 0.25) is 0 Å². The molecule has 90 valence electrons. The molecule has 3 nitrogen and oxygen atoms in total. The van der Waals surface area contributed by atoms with Crippen LogP contribution in [0.5, 0.6) is 0 Å². The molecule has 0 heterocycles. The van der Waals surface area contributed by atoms with Gasteiger partial charge in [0.1, 0.15) is 0 Å². The molecule has 1 aliphatic rings. The third kappa shape index (κ3) is 3.74. The summed E-state index contributed by atoms with van der Waals surface area (Å²) in [5.41, 5.74) is -0.600. The van der Waals surface area contributed by atoms with Crippen LogP contribution in [0.2, 0.25) is 0 Å². The lowest BCUT2D eigenvalue weighted by Crippen LogP contribution is -2.51. The van der Waals surface area contributed by atoms with Crippen molar-refractivity contribution in [3.63, 3.8) is 0 Å². The summed E-state index contributed by atoms with van der Waals surface area (Å²) in [7, 11) is 0. The van der Waals surface area contributed by atoms with Gasteiger partial charge in [-0.1, -0.05) is 13.8 Å². The predicted molar refractivity (Wildman–Crippen MR) is 61.9 cm³/mol. The van der Waals surface area contributed by atoms with Crippen molar-refractivity contribution in [1.29, 1.82) is 0 Å². The molecule has 0 radical (unpaired) electrons. The summed E-state index contributed by atoms with van der Waals surface area (Å²) in [6.45, 7) is 9.50. The zero-order chi connectivity index (χ0) is 11.5. The fourth-order valence-electron chi connectivity index (χ4n) is 1.66. The Balaban J connectivity index is 2.13. The van der Waals surface area contributed by atoms with E-state index in [2.05, 4.69) is 5.32 Å². The smallest absolute Gasteiger partial charge is 0.0766 e. The quantitative estimate of drug-likeness (QED) is 0.706. The van der Waals surface area contributed by atoms with Gasteiger partial charge in [-0.15, -0.1) is 0 Å². The van der Waals surface area contributed by atoms with Crippen molar-refractivity contribution in [3.8, 4) is 0 Å². The Morgan fingerprint density at radius 3 is 2.53 bits per heavy atom. The van der Waals surface area contributed by atoms with Gasteiger partial charge in [-0.3, -0.25) is 0 Å². The molecule has 1 atom stereocenters. The van der Waals surface area contributed by atoms with Crippen molar-refractivity contribution >= 4 is 0 Å². The summed E-state index contributed by atoms with van der Waals surface area (Å²) in [5.74, 6) is 0.285. The topological polar surface area (TPSA) is 41.5 Å². The third-order valence-electron chi connectivity index (χ3n) is 3.49. The molecule has 0 spiro atoms. The van der Waals surface area contributed by atoms with E-state index in [9.17, 15) is 5.11 Å². The van der Waals surface area contributed by atoms with Crippen molar-refractivity contribution in [2.45, 2.75) is 58.3 Å². The van der Waals surface area contributed by atoms with E-state index in [4.69, 9.17) is 4.74 Å². The molecule has 15 heavy (non-hydrogen) atoms. The van der Waals surface area contributed by atoms with Gasteiger partial charge in [0.05, 0.1) is 11.7 Å². The van der Waals surface area contributed by atoms with E-state index in [1.165, 1.54) is 0 Å². The minimum Gasteiger partial charge on any atom is -0.389 e. The molecule has 3 heteroatoms. The highest BCUT2D eigenvalue weighted by Crippen LogP contribution is 2.24. The van der Waals surface area contributed by atoms with E-state index >= 15 is 0 Å². The van der Waals surface area contributed by atoms with Gasteiger partial charge in [0.15, 0.2) is 0 Å². The zero-order valence-corrected chi connectivity index (χ0v) is 10.4. The second-order valence-electron chi connectivity index (χ2n) is 5.14. The van der Waals surface area contributed by atoms with E-state index in [0.29, 0.717) is 18.7 Å². The van der Waals surface area contributed by atoms with Crippen LogP contribution in [-0.2, 0) is 4.74 Å². The van der Waals surface area contributed by atoms with Crippen molar-refractivity contribution < 1.29 is 9.84 Å². The van der Waals surface area contributed by atoms with Crippen LogP contribution in [0.25, 0.3) is 0 Å². The molecule has 0 amide bonds. The SMILES string of the molecule is CCOC1CC(NCC(C)(O)C(C)C)C1. The van der Waals surface area contributed by atoms with Crippen LogP contribution in [0.15, 0.2) is 0 Å². The van der Waals surface area contributed by atoms with Crippen LogP contribution in [0, 0.1) is 5.92 Å². The number of hydrogen-bond donors (Lipinski definition) is 2. The molecule has 0 aromatic heterocycles. The van der Waals surface area contributed by atoms with Crippen LogP contribution in [0.3, 0.4) is 0 Å². The molecule has 0 bridgehead atoms. The first-order valence-electron chi connectivity index (χ1n) is 6.03. The van der Waals surface area contributed by atoms with Gasteiger partial charge in [-0.2, -0.15) is 0 Å². The number of hydrogen-bond acceptors (Lipinski definition) is 3. The zero-order valence-electron chi connectivity index (χ0n) is 10.4. The van der Waals surface area contributed by atoms with Crippen molar-refractivity contribution in [1.82, 2.24) is 5.32 Å². The predicted octanol–water partition coefficient (Wildman–Crippen LogP) is 1.55. The molecule has 1 fully saturated rings. The van der Waals surface area contributed by atoms with Gasteiger partial charge in [-0.25, -0.2) is 0 Å². The minimum atomic E-state index is -0.600. The molecule has 0 aromatic rings. The molecule has 0 aliphatic heterocycles. The fourth-order valence-corrected chi connectivity index (χ4v) is 1.66. The maximum Gasteiger partial charge on any atom is 0.0766 e. The normalized spacial score (nSPS) is 30.0. The highest BCUT2D eigenvalue weighted by Gasteiger charge is 2.32. The number of ether oxygens (including phenoxy) is 1.